The van der Waals surface area contributed by atoms with Crippen LogP contribution in [0.1, 0.15) is 5.56 Å². The monoisotopic (exact) mass is 189 g/mol. The summed E-state index contributed by atoms with van der Waals surface area (Å²) in [5, 5.41) is 7.97. The van der Waals surface area contributed by atoms with Gasteiger partial charge in [0, 0.05) is 0 Å². The number of halogens is 4. The smallest absolute Gasteiger partial charge is 0.204 e. The average Bonchev–Trinajstić information content (AvgIpc) is 2.09. The van der Waals surface area contributed by atoms with Crippen LogP contribution in [0, 0.1) is 23.0 Å². The fourth-order valence-electron chi connectivity index (χ4n) is 0.807. The second kappa shape index (κ2) is 3.05. The summed E-state index contributed by atoms with van der Waals surface area (Å²) in [6, 6.07) is 2.87. The summed E-state index contributed by atoms with van der Waals surface area (Å²) in [5.41, 5.74) is -1.24. The largest absolute Gasteiger partial charge is 0.360 e. The van der Waals surface area contributed by atoms with E-state index in [1.165, 1.54) is 0 Å². The first-order chi connectivity index (χ1) is 5.99. The van der Waals surface area contributed by atoms with Gasteiger partial charge in [0.05, 0.1) is 5.56 Å². The fraction of sp³-hybridized carbons (Fsp3) is 0.125. The summed E-state index contributed by atoms with van der Waals surface area (Å²) < 4.78 is 50.2. The molecule has 0 atom stereocenters. The van der Waals surface area contributed by atoms with Crippen molar-refractivity contribution in [2.45, 2.75) is 5.92 Å². The zero-order chi connectivity index (χ0) is 10.1. The van der Waals surface area contributed by atoms with E-state index in [4.69, 9.17) is 5.26 Å². The van der Waals surface area contributed by atoms with E-state index in [0.717, 1.165) is 6.07 Å². The molecule has 0 aliphatic heterocycles. The van der Waals surface area contributed by atoms with Gasteiger partial charge in [0.25, 0.3) is 0 Å². The van der Waals surface area contributed by atoms with E-state index < -0.39 is 23.1 Å². The number of hydrogen-bond acceptors (Lipinski definition) is 1. The maximum Gasteiger partial charge on any atom is 0.360 e. The number of nitrogens with zero attached hydrogens (tertiary/aromatic N) is 1. The third-order valence-corrected chi connectivity index (χ3v) is 1.43. The van der Waals surface area contributed by atoms with Gasteiger partial charge in [-0.25, -0.2) is 8.78 Å². The Balaban J connectivity index is 3.33. The molecule has 0 aliphatic rings. The lowest BCUT2D eigenvalue weighted by Gasteiger charge is -2.08. The Kier molecular flexibility index (Phi) is 2.24. The Morgan fingerprint density at radius 3 is 2.38 bits per heavy atom. The molecule has 5 heteroatoms. The van der Waals surface area contributed by atoms with Crippen molar-refractivity contribution in [1.82, 2.24) is 0 Å². The standard InChI is InChI=1S/C8H3F4N/c9-6-3-1-2-5(7(6)10)8(11,12)4-13/h1-3H. The van der Waals surface area contributed by atoms with Gasteiger partial charge in [0.1, 0.15) is 6.07 Å². The van der Waals surface area contributed by atoms with Gasteiger partial charge >= 0.3 is 5.92 Å². The van der Waals surface area contributed by atoms with Crippen molar-refractivity contribution in [2.24, 2.45) is 0 Å². The fourth-order valence-corrected chi connectivity index (χ4v) is 0.807. The van der Waals surface area contributed by atoms with Crippen LogP contribution in [0.2, 0.25) is 0 Å². The van der Waals surface area contributed by atoms with Crippen LogP contribution in [-0.2, 0) is 5.92 Å². The molecule has 68 valence electrons. The Hall–Kier alpha value is -1.57. The van der Waals surface area contributed by atoms with Crippen LogP contribution in [0.15, 0.2) is 18.2 Å². The van der Waals surface area contributed by atoms with Gasteiger partial charge in [-0.15, -0.1) is 0 Å². The molecule has 1 aromatic carbocycles. The highest BCUT2D eigenvalue weighted by atomic mass is 19.3. The highest BCUT2D eigenvalue weighted by molar-refractivity contribution is 5.27. The van der Waals surface area contributed by atoms with Crippen LogP contribution in [0.25, 0.3) is 0 Å². The summed E-state index contributed by atoms with van der Waals surface area (Å²) in [4.78, 5) is 0. The number of benzene rings is 1. The van der Waals surface area contributed by atoms with Crippen molar-refractivity contribution >= 4 is 0 Å². The minimum atomic E-state index is -3.99. The predicted octanol–water partition coefficient (Wildman–Crippen LogP) is 2.58. The minimum Gasteiger partial charge on any atom is -0.204 e. The number of hydrogen-bond donors (Lipinski definition) is 0. The number of rotatable bonds is 1. The Morgan fingerprint density at radius 1 is 1.23 bits per heavy atom. The lowest BCUT2D eigenvalue weighted by molar-refractivity contribution is 0.0563. The molecule has 1 rings (SSSR count). The first-order valence-electron chi connectivity index (χ1n) is 3.22. The highest BCUT2D eigenvalue weighted by Crippen LogP contribution is 2.29. The molecule has 0 radical (unpaired) electrons. The minimum absolute atomic E-state index is 0.586. The molecule has 0 unspecified atom stereocenters. The molecule has 0 N–H and O–H groups in total. The lowest BCUT2D eigenvalue weighted by atomic mass is 10.1. The van der Waals surface area contributed by atoms with Crippen LogP contribution in [-0.4, -0.2) is 0 Å². The molecule has 0 aliphatic carbocycles. The van der Waals surface area contributed by atoms with E-state index in [0.29, 0.717) is 18.2 Å². The molecule has 0 saturated carbocycles. The van der Waals surface area contributed by atoms with Crippen molar-refractivity contribution in [3.8, 4) is 6.07 Å². The van der Waals surface area contributed by atoms with Gasteiger partial charge in [-0.05, 0) is 12.1 Å². The summed E-state index contributed by atoms with van der Waals surface area (Å²) >= 11 is 0. The third-order valence-electron chi connectivity index (χ3n) is 1.43. The van der Waals surface area contributed by atoms with E-state index in [9.17, 15) is 17.6 Å². The van der Waals surface area contributed by atoms with Crippen LogP contribution < -0.4 is 0 Å². The van der Waals surface area contributed by atoms with Crippen molar-refractivity contribution < 1.29 is 17.6 Å². The topological polar surface area (TPSA) is 23.8 Å². The molecule has 0 amide bonds. The van der Waals surface area contributed by atoms with E-state index in [1.807, 2.05) is 0 Å². The molecule has 0 bridgehead atoms. The molecular weight excluding hydrogens is 186 g/mol. The van der Waals surface area contributed by atoms with Crippen LogP contribution in [0.4, 0.5) is 17.6 Å². The van der Waals surface area contributed by atoms with Gasteiger partial charge < -0.3 is 0 Å². The van der Waals surface area contributed by atoms with Crippen LogP contribution in [0.5, 0.6) is 0 Å². The summed E-state index contributed by atoms with van der Waals surface area (Å²) in [7, 11) is 0. The molecule has 0 heterocycles. The van der Waals surface area contributed by atoms with Gasteiger partial charge in [-0.1, -0.05) is 6.07 Å². The quantitative estimate of drug-likeness (QED) is 0.623. The highest BCUT2D eigenvalue weighted by Gasteiger charge is 2.35. The molecule has 1 nitrogen and oxygen atoms in total. The Morgan fingerprint density at radius 2 is 1.85 bits per heavy atom. The van der Waals surface area contributed by atoms with Crippen molar-refractivity contribution in [1.29, 1.82) is 5.26 Å². The van der Waals surface area contributed by atoms with Gasteiger partial charge in [-0.3, -0.25) is 0 Å². The van der Waals surface area contributed by atoms with Gasteiger partial charge in [0.15, 0.2) is 11.6 Å². The second-order valence-corrected chi connectivity index (χ2v) is 2.29. The van der Waals surface area contributed by atoms with Crippen LogP contribution in [0.3, 0.4) is 0 Å². The van der Waals surface area contributed by atoms with Crippen molar-refractivity contribution in [3.63, 3.8) is 0 Å². The van der Waals surface area contributed by atoms with Crippen LogP contribution >= 0.6 is 0 Å². The van der Waals surface area contributed by atoms with Gasteiger partial charge in [-0.2, -0.15) is 14.0 Å². The molecule has 0 spiro atoms. The van der Waals surface area contributed by atoms with E-state index in [2.05, 4.69) is 0 Å². The van der Waals surface area contributed by atoms with E-state index >= 15 is 0 Å². The average molecular weight is 189 g/mol. The molecule has 1 aromatic rings. The second-order valence-electron chi connectivity index (χ2n) is 2.29. The van der Waals surface area contributed by atoms with Crippen molar-refractivity contribution in [3.05, 3.63) is 35.4 Å². The lowest BCUT2D eigenvalue weighted by Crippen LogP contribution is -2.13. The normalized spacial score (nSPS) is 11.0. The van der Waals surface area contributed by atoms with Crippen molar-refractivity contribution in [2.75, 3.05) is 0 Å². The molecule has 13 heavy (non-hydrogen) atoms. The third kappa shape index (κ3) is 1.61. The summed E-state index contributed by atoms with van der Waals surface area (Å²) in [6.45, 7) is 0. The maximum absolute atomic E-state index is 12.7. The predicted molar refractivity (Wildman–Crippen MR) is 35.9 cm³/mol. The summed E-state index contributed by atoms with van der Waals surface area (Å²) in [5.74, 6) is -7.08. The van der Waals surface area contributed by atoms with Gasteiger partial charge in [0.2, 0.25) is 0 Å². The maximum atomic E-state index is 12.7. The van der Waals surface area contributed by atoms with E-state index in [1.54, 1.807) is 0 Å². The van der Waals surface area contributed by atoms with E-state index in [-0.39, 0.29) is 0 Å². The first kappa shape index (κ1) is 9.52. The molecule has 0 aromatic heterocycles. The molecular formula is C8H3F4N. The first-order valence-corrected chi connectivity index (χ1v) is 3.22. The SMILES string of the molecule is N#CC(F)(F)c1cccc(F)c1F. The zero-order valence-corrected chi connectivity index (χ0v) is 6.19. The molecule has 0 fully saturated rings. The Bertz CT molecular complexity index is 367. The number of nitriles is 1. The number of alkyl halides is 2. The Labute approximate surface area is 71.2 Å². The summed E-state index contributed by atoms with van der Waals surface area (Å²) in [6.07, 6.45) is 0. The molecule has 0 saturated heterocycles. The zero-order valence-electron chi connectivity index (χ0n) is 6.19.